The molecule has 2 aromatic carbocycles. The largest absolute Gasteiger partial charge is 0.365 e. The molecule has 0 aromatic heterocycles. The average molecular weight is 405 g/mol. The SMILES string of the molecule is CN(Cc1ccccc1Br)c1c(F)cc(CBr)cc1F. The predicted octanol–water partition coefficient (Wildman–Crippen LogP) is 5.26. The zero-order valence-corrected chi connectivity index (χ0v) is 14.0. The van der Waals surface area contributed by atoms with E-state index in [2.05, 4.69) is 31.9 Å². The van der Waals surface area contributed by atoms with Gasteiger partial charge in [-0.15, -0.1) is 0 Å². The first kappa shape index (κ1) is 15.4. The second-order valence-electron chi connectivity index (χ2n) is 4.49. The Morgan fingerprint density at radius 2 is 1.70 bits per heavy atom. The summed E-state index contributed by atoms with van der Waals surface area (Å²) in [5, 5.41) is 0.426. The van der Waals surface area contributed by atoms with Crippen molar-refractivity contribution < 1.29 is 8.78 Å². The van der Waals surface area contributed by atoms with E-state index in [9.17, 15) is 8.78 Å². The fourth-order valence-electron chi connectivity index (χ4n) is 2.02. The van der Waals surface area contributed by atoms with E-state index in [-0.39, 0.29) is 5.69 Å². The standard InChI is InChI=1S/C15H13Br2F2N/c1-20(9-11-4-2-3-5-12(11)17)15-13(18)6-10(8-16)7-14(15)19/h2-7H,8-9H2,1H3. The molecular formula is C15H13Br2F2N. The first-order valence-corrected chi connectivity index (χ1v) is 7.92. The Morgan fingerprint density at radius 3 is 2.25 bits per heavy atom. The monoisotopic (exact) mass is 403 g/mol. The molecule has 0 unspecified atom stereocenters. The van der Waals surface area contributed by atoms with Crippen molar-refractivity contribution in [2.45, 2.75) is 11.9 Å². The Bertz CT molecular complexity index is 594. The Kier molecular flexibility index (Phi) is 5.16. The maximum Gasteiger partial charge on any atom is 0.149 e. The lowest BCUT2D eigenvalue weighted by atomic mass is 10.1. The molecular weight excluding hydrogens is 392 g/mol. The smallest absolute Gasteiger partial charge is 0.149 e. The topological polar surface area (TPSA) is 3.24 Å². The third-order valence-electron chi connectivity index (χ3n) is 2.98. The van der Waals surface area contributed by atoms with Crippen LogP contribution in [0.25, 0.3) is 0 Å². The van der Waals surface area contributed by atoms with E-state index in [1.165, 1.54) is 12.1 Å². The molecule has 0 bridgehead atoms. The molecule has 5 heteroatoms. The highest BCUT2D eigenvalue weighted by Crippen LogP contribution is 2.27. The van der Waals surface area contributed by atoms with E-state index in [0.29, 0.717) is 17.4 Å². The fourth-order valence-corrected chi connectivity index (χ4v) is 2.75. The number of alkyl halides is 1. The molecule has 0 saturated heterocycles. The Balaban J connectivity index is 2.30. The zero-order chi connectivity index (χ0) is 14.7. The van der Waals surface area contributed by atoms with Crippen LogP contribution in [0.1, 0.15) is 11.1 Å². The minimum absolute atomic E-state index is 0.00884. The summed E-state index contributed by atoms with van der Waals surface area (Å²) in [5.41, 5.74) is 1.54. The second kappa shape index (κ2) is 6.68. The fraction of sp³-hybridized carbons (Fsp3) is 0.200. The molecule has 1 nitrogen and oxygen atoms in total. The minimum atomic E-state index is -0.547. The van der Waals surface area contributed by atoms with Crippen LogP contribution in [-0.4, -0.2) is 7.05 Å². The van der Waals surface area contributed by atoms with Gasteiger partial charge in [-0.3, -0.25) is 0 Å². The van der Waals surface area contributed by atoms with Gasteiger partial charge in [-0.05, 0) is 29.3 Å². The summed E-state index contributed by atoms with van der Waals surface area (Å²) in [5.74, 6) is -1.09. The van der Waals surface area contributed by atoms with Gasteiger partial charge in [-0.2, -0.15) is 0 Å². The quantitative estimate of drug-likeness (QED) is 0.628. The normalized spacial score (nSPS) is 10.7. The van der Waals surface area contributed by atoms with Crippen LogP contribution in [0.3, 0.4) is 0 Å². The molecule has 0 radical (unpaired) electrons. The maximum absolute atomic E-state index is 14.0. The molecule has 0 aliphatic carbocycles. The molecule has 20 heavy (non-hydrogen) atoms. The molecule has 0 N–H and O–H groups in total. The van der Waals surface area contributed by atoms with E-state index < -0.39 is 11.6 Å². The summed E-state index contributed by atoms with van der Waals surface area (Å²) in [6.07, 6.45) is 0. The predicted molar refractivity (Wildman–Crippen MR) is 85.2 cm³/mol. The van der Waals surface area contributed by atoms with Gasteiger partial charge in [0.25, 0.3) is 0 Å². The maximum atomic E-state index is 14.0. The molecule has 2 aromatic rings. The van der Waals surface area contributed by atoms with Gasteiger partial charge in [0.05, 0.1) is 0 Å². The van der Waals surface area contributed by atoms with E-state index in [1.54, 1.807) is 11.9 Å². The van der Waals surface area contributed by atoms with Crippen LogP contribution in [0.15, 0.2) is 40.9 Å². The molecule has 2 rings (SSSR count). The van der Waals surface area contributed by atoms with Crippen molar-refractivity contribution in [3.63, 3.8) is 0 Å². The molecule has 0 aliphatic heterocycles. The van der Waals surface area contributed by atoms with E-state index >= 15 is 0 Å². The van der Waals surface area contributed by atoms with Gasteiger partial charge in [0.2, 0.25) is 0 Å². The van der Waals surface area contributed by atoms with Crippen LogP contribution in [0.5, 0.6) is 0 Å². The average Bonchev–Trinajstić information content (AvgIpc) is 2.40. The van der Waals surface area contributed by atoms with Crippen molar-refractivity contribution >= 4 is 37.5 Å². The molecule has 0 fully saturated rings. The zero-order valence-electron chi connectivity index (χ0n) is 10.8. The van der Waals surface area contributed by atoms with Crippen LogP contribution >= 0.6 is 31.9 Å². The first-order chi connectivity index (χ1) is 9.52. The molecule has 106 valence electrons. The number of hydrogen-bond donors (Lipinski definition) is 0. The molecule has 0 amide bonds. The van der Waals surface area contributed by atoms with Gasteiger partial charge in [-0.25, -0.2) is 8.78 Å². The number of rotatable bonds is 4. The van der Waals surface area contributed by atoms with Crippen molar-refractivity contribution in [1.29, 1.82) is 0 Å². The highest BCUT2D eigenvalue weighted by molar-refractivity contribution is 9.10. The van der Waals surface area contributed by atoms with Crippen molar-refractivity contribution in [3.05, 3.63) is 63.6 Å². The van der Waals surface area contributed by atoms with Crippen molar-refractivity contribution in [2.75, 3.05) is 11.9 Å². The summed E-state index contributed by atoms with van der Waals surface area (Å²) < 4.78 is 29.0. The van der Waals surface area contributed by atoms with Crippen molar-refractivity contribution in [2.24, 2.45) is 0 Å². The van der Waals surface area contributed by atoms with E-state index in [1.807, 2.05) is 24.3 Å². The van der Waals surface area contributed by atoms with Crippen LogP contribution in [-0.2, 0) is 11.9 Å². The second-order valence-corrected chi connectivity index (χ2v) is 5.90. The van der Waals surface area contributed by atoms with Gasteiger partial charge >= 0.3 is 0 Å². The Hall–Kier alpha value is -0.940. The van der Waals surface area contributed by atoms with Crippen LogP contribution in [0.2, 0.25) is 0 Å². The summed E-state index contributed by atoms with van der Waals surface area (Å²) in [4.78, 5) is 1.57. The molecule has 0 spiro atoms. The lowest BCUT2D eigenvalue weighted by molar-refractivity contribution is 0.574. The van der Waals surface area contributed by atoms with Crippen LogP contribution < -0.4 is 4.90 Å². The van der Waals surface area contributed by atoms with Gasteiger partial charge in [0.1, 0.15) is 17.3 Å². The summed E-state index contributed by atoms with van der Waals surface area (Å²) in [6, 6.07) is 10.3. The molecule has 0 aliphatic rings. The highest BCUT2D eigenvalue weighted by atomic mass is 79.9. The number of halogens is 4. The van der Waals surface area contributed by atoms with Gasteiger partial charge in [0, 0.05) is 23.4 Å². The molecule has 0 heterocycles. The van der Waals surface area contributed by atoms with Crippen LogP contribution in [0.4, 0.5) is 14.5 Å². The Morgan fingerprint density at radius 1 is 1.10 bits per heavy atom. The van der Waals surface area contributed by atoms with Crippen molar-refractivity contribution in [3.8, 4) is 0 Å². The van der Waals surface area contributed by atoms with Gasteiger partial charge in [0.15, 0.2) is 0 Å². The summed E-state index contributed by atoms with van der Waals surface area (Å²) in [7, 11) is 1.68. The highest BCUT2D eigenvalue weighted by Gasteiger charge is 2.16. The number of nitrogens with zero attached hydrogens (tertiary/aromatic N) is 1. The lowest BCUT2D eigenvalue weighted by Gasteiger charge is -2.21. The van der Waals surface area contributed by atoms with Crippen LogP contribution in [0, 0.1) is 11.6 Å². The summed E-state index contributed by atoms with van der Waals surface area (Å²) >= 11 is 6.63. The molecule has 0 saturated carbocycles. The summed E-state index contributed by atoms with van der Waals surface area (Å²) in [6.45, 7) is 0.420. The van der Waals surface area contributed by atoms with Gasteiger partial charge < -0.3 is 4.90 Å². The number of benzene rings is 2. The third kappa shape index (κ3) is 3.38. The first-order valence-electron chi connectivity index (χ1n) is 6.01. The number of hydrogen-bond acceptors (Lipinski definition) is 1. The minimum Gasteiger partial charge on any atom is -0.365 e. The van der Waals surface area contributed by atoms with E-state index in [0.717, 1.165) is 10.0 Å². The third-order valence-corrected chi connectivity index (χ3v) is 4.40. The van der Waals surface area contributed by atoms with E-state index in [4.69, 9.17) is 0 Å². The molecule has 0 atom stereocenters. The Labute approximate surface area is 133 Å². The number of anilines is 1. The van der Waals surface area contributed by atoms with Gasteiger partial charge in [-0.1, -0.05) is 50.1 Å². The van der Waals surface area contributed by atoms with Crippen molar-refractivity contribution in [1.82, 2.24) is 0 Å². The lowest BCUT2D eigenvalue weighted by Crippen LogP contribution is -2.19.